The molecule has 12 heavy (non-hydrogen) atoms. The van der Waals surface area contributed by atoms with Crippen LogP contribution in [-0.4, -0.2) is 24.9 Å². The lowest BCUT2D eigenvalue weighted by Gasteiger charge is -2.22. The summed E-state index contributed by atoms with van der Waals surface area (Å²) in [7, 11) is 1.83. The third kappa shape index (κ3) is 2.32. The van der Waals surface area contributed by atoms with E-state index in [1.54, 1.807) is 6.34 Å². The van der Waals surface area contributed by atoms with Gasteiger partial charge in [-0.3, -0.25) is 5.01 Å². The first kappa shape index (κ1) is 9.22. The molecule has 4 nitrogen and oxygen atoms in total. The first-order valence-corrected chi connectivity index (χ1v) is 4.17. The van der Waals surface area contributed by atoms with Crippen LogP contribution in [0.2, 0.25) is 0 Å². The Morgan fingerprint density at radius 3 is 2.75 bits per heavy atom. The van der Waals surface area contributed by atoms with Crippen molar-refractivity contribution in [2.75, 3.05) is 13.6 Å². The molecule has 2 N–H and O–H groups in total. The summed E-state index contributed by atoms with van der Waals surface area (Å²) >= 11 is 0. The number of nitrogens with zero attached hydrogens (tertiary/aromatic N) is 2. The van der Waals surface area contributed by atoms with Gasteiger partial charge in [0.2, 0.25) is 0 Å². The molecule has 4 heteroatoms. The van der Waals surface area contributed by atoms with Gasteiger partial charge in [-0.15, -0.1) is 0 Å². The van der Waals surface area contributed by atoms with Crippen LogP contribution in [0.1, 0.15) is 13.8 Å². The molecule has 0 unspecified atom stereocenters. The van der Waals surface area contributed by atoms with Gasteiger partial charge in [0.25, 0.3) is 0 Å². The lowest BCUT2D eigenvalue weighted by Crippen LogP contribution is -2.45. The van der Waals surface area contributed by atoms with E-state index in [0.29, 0.717) is 5.92 Å². The predicted octanol–water partition coefficient (Wildman–Crippen LogP) is 0.509. The smallest absolute Gasteiger partial charge is 0.106 e. The van der Waals surface area contributed by atoms with Crippen LogP contribution in [-0.2, 0) is 0 Å². The van der Waals surface area contributed by atoms with E-state index in [-0.39, 0.29) is 0 Å². The summed E-state index contributed by atoms with van der Waals surface area (Å²) < 4.78 is 0. The van der Waals surface area contributed by atoms with Crippen LogP contribution in [0.5, 0.6) is 0 Å². The number of rotatable bonds is 3. The molecule has 1 rings (SSSR count). The van der Waals surface area contributed by atoms with Crippen molar-refractivity contribution in [2.45, 2.75) is 13.8 Å². The number of allylic oxidation sites excluding steroid dienone is 1. The van der Waals surface area contributed by atoms with Crippen molar-refractivity contribution in [2.24, 2.45) is 10.9 Å². The molecule has 1 heterocycles. The normalized spacial score (nSPS) is 17.0. The second kappa shape index (κ2) is 4.23. The van der Waals surface area contributed by atoms with Crippen LogP contribution in [0.15, 0.2) is 16.8 Å². The van der Waals surface area contributed by atoms with Crippen LogP contribution in [0.4, 0.5) is 0 Å². The molecule has 1 aliphatic rings. The molecule has 0 radical (unpaired) electrons. The van der Waals surface area contributed by atoms with Gasteiger partial charge in [-0.05, 0) is 12.0 Å². The first-order valence-electron chi connectivity index (χ1n) is 4.17. The van der Waals surface area contributed by atoms with Gasteiger partial charge in [0.1, 0.15) is 6.34 Å². The van der Waals surface area contributed by atoms with Gasteiger partial charge in [-0.1, -0.05) is 13.8 Å². The summed E-state index contributed by atoms with van der Waals surface area (Å²) in [4.78, 5) is 4.29. The Balaban J connectivity index is 2.44. The van der Waals surface area contributed by atoms with E-state index < -0.39 is 0 Å². The fourth-order valence-electron chi connectivity index (χ4n) is 1.03. The predicted molar refractivity (Wildman–Crippen MR) is 50.3 cm³/mol. The second-order valence-corrected chi connectivity index (χ2v) is 3.04. The molecule has 0 aromatic carbocycles. The summed E-state index contributed by atoms with van der Waals surface area (Å²) in [6, 6.07) is 0. The summed E-state index contributed by atoms with van der Waals surface area (Å²) in [6.45, 7) is 5.15. The molecule has 0 atom stereocenters. The zero-order valence-electron chi connectivity index (χ0n) is 7.83. The highest BCUT2D eigenvalue weighted by molar-refractivity contribution is 5.58. The molecule has 68 valence electrons. The molecule has 0 bridgehead atoms. The molecule has 1 aliphatic heterocycles. The highest BCUT2D eigenvalue weighted by atomic mass is 15.7. The third-order valence-corrected chi connectivity index (χ3v) is 1.69. The highest BCUT2D eigenvalue weighted by Crippen LogP contribution is 2.12. The average molecular weight is 168 g/mol. The maximum Gasteiger partial charge on any atom is 0.106 e. The molecule has 0 spiro atoms. The molecule has 0 aromatic rings. The molecule has 0 saturated heterocycles. The van der Waals surface area contributed by atoms with Crippen LogP contribution in [0.3, 0.4) is 0 Å². The Hall–Kier alpha value is -0.870. The van der Waals surface area contributed by atoms with Crippen LogP contribution in [0, 0.1) is 5.92 Å². The van der Waals surface area contributed by atoms with Gasteiger partial charge in [-0.2, -0.15) is 5.53 Å². The van der Waals surface area contributed by atoms with E-state index in [1.807, 2.05) is 12.1 Å². The number of aliphatic imine (C=N–C) groups is 1. The minimum absolute atomic E-state index is 0.512. The van der Waals surface area contributed by atoms with E-state index in [2.05, 4.69) is 35.9 Å². The Kier molecular flexibility index (Phi) is 3.25. The van der Waals surface area contributed by atoms with Crippen molar-refractivity contribution in [3.8, 4) is 0 Å². The number of hydrazine groups is 2. The Labute approximate surface area is 73.3 Å². The summed E-state index contributed by atoms with van der Waals surface area (Å²) in [5.74, 6) is 0.512. The molecule has 0 aromatic heterocycles. The second-order valence-electron chi connectivity index (χ2n) is 3.04. The third-order valence-electron chi connectivity index (χ3n) is 1.69. The van der Waals surface area contributed by atoms with Gasteiger partial charge < -0.3 is 0 Å². The summed E-state index contributed by atoms with van der Waals surface area (Å²) in [6.07, 6.45) is 3.92. The number of nitrogens with one attached hydrogen (secondary N) is 2. The fraction of sp³-hybridized carbons (Fsp3) is 0.625. The van der Waals surface area contributed by atoms with Crippen LogP contribution >= 0.6 is 0 Å². The summed E-state index contributed by atoms with van der Waals surface area (Å²) in [5.41, 5.74) is 6.93. The van der Waals surface area contributed by atoms with Gasteiger partial charge in [-0.25, -0.2) is 10.4 Å². The van der Waals surface area contributed by atoms with E-state index in [0.717, 1.165) is 12.2 Å². The molecular weight excluding hydrogens is 152 g/mol. The summed E-state index contributed by atoms with van der Waals surface area (Å²) in [5, 5.41) is 1.88. The largest absolute Gasteiger partial charge is 0.281 e. The van der Waals surface area contributed by atoms with Crippen molar-refractivity contribution in [1.29, 1.82) is 0 Å². The number of hydrogen-bond donors (Lipinski definition) is 2. The van der Waals surface area contributed by atoms with Crippen molar-refractivity contribution < 1.29 is 0 Å². The molecule has 0 fully saturated rings. The van der Waals surface area contributed by atoms with Crippen molar-refractivity contribution in [3.05, 3.63) is 11.8 Å². The maximum absolute atomic E-state index is 4.29. The standard InChI is InChI=1S/C8H16N4/c1-7(2)8-4-5-12(6-10-8)11-9-3/h4,6-7,9,11H,5H2,1-3H3. The zero-order valence-corrected chi connectivity index (χ0v) is 7.83. The van der Waals surface area contributed by atoms with Crippen molar-refractivity contribution in [1.82, 2.24) is 16.0 Å². The fourth-order valence-corrected chi connectivity index (χ4v) is 1.03. The van der Waals surface area contributed by atoms with Gasteiger partial charge in [0.15, 0.2) is 0 Å². The van der Waals surface area contributed by atoms with E-state index in [4.69, 9.17) is 0 Å². The minimum atomic E-state index is 0.512. The van der Waals surface area contributed by atoms with E-state index >= 15 is 0 Å². The Morgan fingerprint density at radius 1 is 1.58 bits per heavy atom. The van der Waals surface area contributed by atoms with Crippen LogP contribution in [0.25, 0.3) is 0 Å². The monoisotopic (exact) mass is 168 g/mol. The molecule has 0 saturated carbocycles. The molecule has 0 aliphatic carbocycles. The van der Waals surface area contributed by atoms with E-state index in [9.17, 15) is 0 Å². The molecule has 0 amide bonds. The highest BCUT2D eigenvalue weighted by Gasteiger charge is 2.06. The Bertz CT molecular complexity index is 195. The minimum Gasteiger partial charge on any atom is -0.281 e. The lowest BCUT2D eigenvalue weighted by atomic mass is 10.1. The van der Waals surface area contributed by atoms with Crippen LogP contribution < -0.4 is 11.0 Å². The topological polar surface area (TPSA) is 39.7 Å². The SMILES string of the molecule is CNNN1C=NC(C(C)C)=CC1. The van der Waals surface area contributed by atoms with E-state index in [1.165, 1.54) is 0 Å². The van der Waals surface area contributed by atoms with Crippen molar-refractivity contribution >= 4 is 6.34 Å². The van der Waals surface area contributed by atoms with Gasteiger partial charge >= 0.3 is 0 Å². The van der Waals surface area contributed by atoms with Gasteiger partial charge in [0, 0.05) is 12.7 Å². The quantitative estimate of drug-likeness (QED) is 0.603. The Morgan fingerprint density at radius 2 is 2.33 bits per heavy atom. The average Bonchev–Trinajstić information content (AvgIpc) is 2.06. The van der Waals surface area contributed by atoms with Crippen molar-refractivity contribution in [3.63, 3.8) is 0 Å². The first-order chi connectivity index (χ1) is 5.74. The lowest BCUT2D eigenvalue weighted by molar-refractivity contribution is 0.297. The maximum atomic E-state index is 4.29. The zero-order chi connectivity index (χ0) is 8.97. The number of hydrogen-bond acceptors (Lipinski definition) is 4. The molecular formula is C8H16N4. The van der Waals surface area contributed by atoms with Gasteiger partial charge in [0.05, 0.1) is 6.54 Å².